The van der Waals surface area contributed by atoms with Gasteiger partial charge >= 0.3 is 5.97 Å². The van der Waals surface area contributed by atoms with Crippen LogP contribution in [0.25, 0.3) is 0 Å². The lowest BCUT2D eigenvalue weighted by atomic mass is 10.0. The lowest BCUT2D eigenvalue weighted by Gasteiger charge is -2.17. The van der Waals surface area contributed by atoms with Crippen molar-refractivity contribution in [3.05, 3.63) is 53.6 Å². The standard InChI is InChI=1S/C16H13NO4/c18-15-7-4-10-8-13(5-6-14(10)17-15)21-12-3-1-2-11(9-12)16(19)20/h1-3,5-6,8-9H,4,7H2,(H,17,18)(H,19,20). The van der Waals surface area contributed by atoms with E-state index in [1.165, 1.54) is 12.1 Å². The van der Waals surface area contributed by atoms with Crippen molar-refractivity contribution in [3.63, 3.8) is 0 Å². The van der Waals surface area contributed by atoms with Crippen molar-refractivity contribution in [2.24, 2.45) is 0 Å². The average molecular weight is 283 g/mol. The van der Waals surface area contributed by atoms with Crippen LogP contribution in [0.3, 0.4) is 0 Å². The van der Waals surface area contributed by atoms with Crippen LogP contribution in [0, 0.1) is 0 Å². The number of carboxylic acid groups (broad SMARTS) is 1. The topological polar surface area (TPSA) is 75.6 Å². The van der Waals surface area contributed by atoms with E-state index in [-0.39, 0.29) is 11.5 Å². The van der Waals surface area contributed by atoms with Gasteiger partial charge in [0.15, 0.2) is 0 Å². The number of benzene rings is 2. The fourth-order valence-corrected chi connectivity index (χ4v) is 2.25. The van der Waals surface area contributed by atoms with E-state index in [0.717, 1.165) is 11.3 Å². The molecule has 2 aromatic rings. The maximum Gasteiger partial charge on any atom is 0.335 e. The molecule has 0 fully saturated rings. The molecule has 1 aliphatic heterocycles. The molecular weight excluding hydrogens is 270 g/mol. The summed E-state index contributed by atoms with van der Waals surface area (Å²) in [6.45, 7) is 0. The second-order valence-corrected chi connectivity index (χ2v) is 4.80. The summed E-state index contributed by atoms with van der Waals surface area (Å²) >= 11 is 0. The van der Waals surface area contributed by atoms with E-state index in [1.807, 2.05) is 6.07 Å². The van der Waals surface area contributed by atoms with Gasteiger partial charge in [0.25, 0.3) is 0 Å². The van der Waals surface area contributed by atoms with Gasteiger partial charge < -0.3 is 15.2 Å². The van der Waals surface area contributed by atoms with E-state index in [0.29, 0.717) is 24.3 Å². The first kappa shape index (κ1) is 13.2. The summed E-state index contributed by atoms with van der Waals surface area (Å²) in [5.41, 5.74) is 2.00. The normalized spacial score (nSPS) is 13.2. The van der Waals surface area contributed by atoms with Crippen LogP contribution in [-0.4, -0.2) is 17.0 Å². The number of rotatable bonds is 3. The maximum atomic E-state index is 11.3. The van der Waals surface area contributed by atoms with Gasteiger partial charge in [-0.1, -0.05) is 6.07 Å². The van der Waals surface area contributed by atoms with Crippen molar-refractivity contribution < 1.29 is 19.4 Å². The number of anilines is 1. The number of hydrogen-bond acceptors (Lipinski definition) is 3. The third-order valence-electron chi connectivity index (χ3n) is 3.29. The van der Waals surface area contributed by atoms with E-state index in [1.54, 1.807) is 24.3 Å². The number of aryl methyl sites for hydroxylation is 1. The molecule has 0 saturated heterocycles. The zero-order chi connectivity index (χ0) is 14.8. The molecule has 0 saturated carbocycles. The van der Waals surface area contributed by atoms with Gasteiger partial charge in [-0.15, -0.1) is 0 Å². The summed E-state index contributed by atoms with van der Waals surface area (Å²) in [4.78, 5) is 22.2. The van der Waals surface area contributed by atoms with Crippen molar-refractivity contribution in [3.8, 4) is 11.5 Å². The lowest BCUT2D eigenvalue weighted by Crippen LogP contribution is -2.18. The average Bonchev–Trinajstić information content (AvgIpc) is 2.48. The van der Waals surface area contributed by atoms with E-state index in [4.69, 9.17) is 9.84 Å². The van der Waals surface area contributed by atoms with Crippen LogP contribution in [0.5, 0.6) is 11.5 Å². The number of carbonyl (C=O) groups excluding carboxylic acids is 1. The summed E-state index contributed by atoms with van der Waals surface area (Å²) in [5.74, 6) is 0.112. The van der Waals surface area contributed by atoms with Gasteiger partial charge in [-0.2, -0.15) is 0 Å². The van der Waals surface area contributed by atoms with Crippen LogP contribution in [0.1, 0.15) is 22.3 Å². The number of carbonyl (C=O) groups is 2. The molecule has 0 aliphatic carbocycles. The largest absolute Gasteiger partial charge is 0.478 e. The van der Waals surface area contributed by atoms with Gasteiger partial charge in [-0.05, 0) is 48.4 Å². The molecule has 2 N–H and O–H groups in total. The Morgan fingerprint density at radius 3 is 2.71 bits per heavy atom. The molecule has 0 spiro atoms. The number of amides is 1. The van der Waals surface area contributed by atoms with Crippen LogP contribution in [0.15, 0.2) is 42.5 Å². The molecule has 106 valence electrons. The van der Waals surface area contributed by atoms with Gasteiger partial charge in [0, 0.05) is 12.1 Å². The summed E-state index contributed by atoms with van der Waals surface area (Å²) < 4.78 is 5.69. The van der Waals surface area contributed by atoms with E-state index in [2.05, 4.69) is 5.32 Å². The highest BCUT2D eigenvalue weighted by molar-refractivity contribution is 5.94. The van der Waals surface area contributed by atoms with Crippen LogP contribution in [0.4, 0.5) is 5.69 Å². The molecular formula is C16H13NO4. The van der Waals surface area contributed by atoms with Crippen molar-refractivity contribution in [2.75, 3.05) is 5.32 Å². The first-order chi connectivity index (χ1) is 10.1. The second kappa shape index (κ2) is 5.28. The second-order valence-electron chi connectivity index (χ2n) is 4.80. The monoisotopic (exact) mass is 283 g/mol. The van der Waals surface area contributed by atoms with Gasteiger partial charge in [0.2, 0.25) is 5.91 Å². The van der Waals surface area contributed by atoms with Crippen molar-refractivity contribution in [1.82, 2.24) is 0 Å². The van der Waals surface area contributed by atoms with Crippen molar-refractivity contribution in [1.29, 1.82) is 0 Å². The molecule has 1 heterocycles. The Hall–Kier alpha value is -2.82. The van der Waals surface area contributed by atoms with E-state index in [9.17, 15) is 9.59 Å². The van der Waals surface area contributed by atoms with Gasteiger partial charge in [-0.3, -0.25) is 4.79 Å². The molecule has 3 rings (SSSR count). The van der Waals surface area contributed by atoms with Crippen LogP contribution in [-0.2, 0) is 11.2 Å². The van der Waals surface area contributed by atoms with Crippen LogP contribution < -0.4 is 10.1 Å². The van der Waals surface area contributed by atoms with Crippen molar-refractivity contribution in [2.45, 2.75) is 12.8 Å². The summed E-state index contributed by atoms with van der Waals surface area (Å²) in [6, 6.07) is 11.7. The molecule has 5 nitrogen and oxygen atoms in total. The van der Waals surface area contributed by atoms with Crippen LogP contribution >= 0.6 is 0 Å². The molecule has 0 unspecified atom stereocenters. The first-order valence-corrected chi connectivity index (χ1v) is 6.56. The molecule has 0 aromatic heterocycles. The smallest absolute Gasteiger partial charge is 0.335 e. The quantitative estimate of drug-likeness (QED) is 0.907. The summed E-state index contributed by atoms with van der Waals surface area (Å²) in [5, 5.41) is 11.8. The fourth-order valence-electron chi connectivity index (χ4n) is 2.25. The number of ether oxygens (including phenoxy) is 1. The molecule has 21 heavy (non-hydrogen) atoms. The molecule has 0 radical (unpaired) electrons. The minimum Gasteiger partial charge on any atom is -0.478 e. The number of aromatic carboxylic acids is 1. The lowest BCUT2D eigenvalue weighted by molar-refractivity contribution is -0.116. The highest BCUT2D eigenvalue weighted by atomic mass is 16.5. The molecule has 2 aromatic carbocycles. The molecule has 5 heteroatoms. The predicted octanol–water partition coefficient (Wildman–Crippen LogP) is 3.06. The van der Waals surface area contributed by atoms with E-state index < -0.39 is 5.97 Å². The van der Waals surface area contributed by atoms with Gasteiger partial charge in [-0.25, -0.2) is 4.79 Å². The Balaban J connectivity index is 1.84. The SMILES string of the molecule is O=C1CCc2cc(Oc3cccc(C(=O)O)c3)ccc2N1. The molecule has 1 aliphatic rings. The Morgan fingerprint density at radius 2 is 1.90 bits per heavy atom. The number of hydrogen-bond donors (Lipinski definition) is 2. The highest BCUT2D eigenvalue weighted by Crippen LogP contribution is 2.29. The van der Waals surface area contributed by atoms with Crippen molar-refractivity contribution >= 4 is 17.6 Å². The third kappa shape index (κ3) is 2.86. The van der Waals surface area contributed by atoms with Crippen LogP contribution in [0.2, 0.25) is 0 Å². The van der Waals surface area contributed by atoms with Gasteiger partial charge in [0.05, 0.1) is 5.56 Å². The minimum atomic E-state index is -0.992. The number of fused-ring (bicyclic) bond motifs is 1. The number of nitrogens with one attached hydrogen (secondary N) is 1. The minimum absolute atomic E-state index is 0.0188. The zero-order valence-electron chi connectivity index (χ0n) is 11.1. The maximum absolute atomic E-state index is 11.3. The Labute approximate surface area is 121 Å². The Morgan fingerprint density at radius 1 is 1.10 bits per heavy atom. The Kier molecular flexibility index (Phi) is 3.31. The highest BCUT2D eigenvalue weighted by Gasteiger charge is 2.15. The van der Waals surface area contributed by atoms with Gasteiger partial charge in [0.1, 0.15) is 11.5 Å². The molecule has 0 bridgehead atoms. The summed E-state index contributed by atoms with van der Waals surface area (Å²) in [6.07, 6.45) is 1.14. The Bertz CT molecular complexity index is 724. The molecule has 0 atom stereocenters. The zero-order valence-corrected chi connectivity index (χ0v) is 11.1. The molecule has 1 amide bonds. The third-order valence-corrected chi connectivity index (χ3v) is 3.29. The van der Waals surface area contributed by atoms with E-state index >= 15 is 0 Å². The number of carboxylic acids is 1. The predicted molar refractivity (Wildman–Crippen MR) is 76.9 cm³/mol. The fraction of sp³-hybridized carbons (Fsp3) is 0.125. The first-order valence-electron chi connectivity index (χ1n) is 6.56. The summed E-state index contributed by atoms with van der Waals surface area (Å²) in [7, 11) is 0.